The maximum absolute atomic E-state index is 12.0. The van der Waals surface area contributed by atoms with Crippen molar-refractivity contribution in [2.45, 2.75) is 44.4 Å². The number of nitriles is 1. The van der Waals surface area contributed by atoms with E-state index in [1.165, 1.54) is 11.6 Å². The lowest BCUT2D eigenvalue weighted by molar-refractivity contribution is -0.136. The quantitative estimate of drug-likeness (QED) is 0.723. The molecule has 1 aromatic heterocycles. The molecule has 6 rings (SSSR count). The molecule has 0 radical (unpaired) electrons. The molecule has 6 heteroatoms. The Morgan fingerprint density at radius 3 is 2.85 bits per heavy atom. The predicted octanol–water partition coefficient (Wildman–Crippen LogP) is 4.22. The van der Waals surface area contributed by atoms with Gasteiger partial charge in [-0.15, -0.1) is 0 Å². The number of aryl methyl sites for hydroxylation is 1. The minimum absolute atomic E-state index is 0.00915. The molecular formula is C27H28N4O2. The van der Waals surface area contributed by atoms with E-state index in [2.05, 4.69) is 17.5 Å². The Kier molecular flexibility index (Phi) is 4.35. The number of aromatic hydroxyl groups is 1. The largest absolute Gasteiger partial charge is 0.508 e. The Bertz CT molecular complexity index is 1240. The molecule has 168 valence electrons. The summed E-state index contributed by atoms with van der Waals surface area (Å²) in [4.78, 5) is 21.2. The zero-order chi connectivity index (χ0) is 22.9. The van der Waals surface area contributed by atoms with Crippen LogP contribution in [0.2, 0.25) is 0 Å². The highest BCUT2D eigenvalue weighted by molar-refractivity contribution is 5.88. The fourth-order valence-corrected chi connectivity index (χ4v) is 6.74. The van der Waals surface area contributed by atoms with Crippen LogP contribution >= 0.6 is 0 Å². The summed E-state index contributed by atoms with van der Waals surface area (Å²) in [5.41, 5.74) is 6.09. The Morgan fingerprint density at radius 2 is 2.09 bits per heavy atom. The number of phenols is 1. The van der Waals surface area contributed by atoms with E-state index >= 15 is 0 Å². The Labute approximate surface area is 194 Å². The van der Waals surface area contributed by atoms with E-state index in [-0.39, 0.29) is 17.1 Å². The number of fused-ring (bicyclic) bond motifs is 5. The molecule has 3 fully saturated rings. The van der Waals surface area contributed by atoms with Crippen LogP contribution in [0.15, 0.2) is 30.9 Å². The van der Waals surface area contributed by atoms with Crippen LogP contribution in [0.5, 0.6) is 5.75 Å². The highest BCUT2D eigenvalue weighted by Gasteiger charge is 2.50. The van der Waals surface area contributed by atoms with Gasteiger partial charge in [0, 0.05) is 43.1 Å². The van der Waals surface area contributed by atoms with E-state index in [1.54, 1.807) is 12.1 Å². The molecule has 2 aromatic rings. The van der Waals surface area contributed by atoms with Gasteiger partial charge in [0.25, 0.3) is 0 Å². The second-order valence-electron chi connectivity index (χ2n) is 10.4. The van der Waals surface area contributed by atoms with Crippen LogP contribution in [0.3, 0.4) is 0 Å². The standard InChI is InChI=1S/C27H28N4O2/c1-3-22(33)31-14-27(15-31)8-9-30(13-27)26-21(12-28)24(20-11-19(32)7-4-16(20)2)23-17-5-6-18(10-17)25(23)29-26/h3-4,7,11,17-18,32H,1,5-6,8-10,13-15H2,2H3. The number of carbonyl (C=O) groups is 1. The number of nitrogens with zero attached hydrogens (tertiary/aromatic N) is 4. The van der Waals surface area contributed by atoms with Gasteiger partial charge in [0.1, 0.15) is 23.2 Å². The summed E-state index contributed by atoms with van der Waals surface area (Å²) in [5, 5.41) is 20.7. The molecule has 3 heterocycles. The number of pyridine rings is 1. The van der Waals surface area contributed by atoms with E-state index < -0.39 is 0 Å². The van der Waals surface area contributed by atoms with Gasteiger partial charge in [-0.3, -0.25) is 4.79 Å². The molecule has 1 spiro atoms. The maximum atomic E-state index is 12.0. The van der Waals surface area contributed by atoms with Crippen molar-refractivity contribution in [3.05, 3.63) is 53.2 Å². The number of aromatic nitrogens is 1. The van der Waals surface area contributed by atoms with Crippen molar-refractivity contribution in [1.29, 1.82) is 5.26 Å². The van der Waals surface area contributed by atoms with Crippen LogP contribution in [0, 0.1) is 23.7 Å². The van der Waals surface area contributed by atoms with E-state index in [1.807, 2.05) is 17.9 Å². The fraction of sp³-hybridized carbons (Fsp3) is 0.444. The summed E-state index contributed by atoms with van der Waals surface area (Å²) >= 11 is 0. The number of benzene rings is 1. The second kappa shape index (κ2) is 7.08. The van der Waals surface area contributed by atoms with Crippen LogP contribution in [0.4, 0.5) is 5.82 Å². The highest BCUT2D eigenvalue weighted by atomic mass is 16.3. The number of amides is 1. The number of carbonyl (C=O) groups excluding carboxylic acids is 1. The molecule has 2 aliphatic carbocycles. The van der Waals surface area contributed by atoms with Crippen molar-refractivity contribution in [3.63, 3.8) is 0 Å². The molecule has 33 heavy (non-hydrogen) atoms. The van der Waals surface area contributed by atoms with Crippen LogP contribution < -0.4 is 4.90 Å². The topological polar surface area (TPSA) is 80.5 Å². The smallest absolute Gasteiger partial charge is 0.245 e. The summed E-state index contributed by atoms with van der Waals surface area (Å²) in [6.45, 7) is 8.77. The number of hydrogen-bond donors (Lipinski definition) is 1. The van der Waals surface area contributed by atoms with Crippen molar-refractivity contribution in [1.82, 2.24) is 9.88 Å². The predicted molar refractivity (Wildman–Crippen MR) is 126 cm³/mol. The molecule has 2 atom stereocenters. The van der Waals surface area contributed by atoms with E-state index in [0.717, 1.165) is 80.1 Å². The van der Waals surface area contributed by atoms with Gasteiger partial charge in [0.2, 0.25) is 5.91 Å². The highest BCUT2D eigenvalue weighted by Crippen LogP contribution is 2.57. The van der Waals surface area contributed by atoms with Crippen molar-refractivity contribution < 1.29 is 9.90 Å². The Hall–Kier alpha value is -3.33. The monoisotopic (exact) mass is 440 g/mol. The van der Waals surface area contributed by atoms with E-state index in [0.29, 0.717) is 17.4 Å². The molecule has 2 unspecified atom stereocenters. The van der Waals surface area contributed by atoms with Gasteiger partial charge in [0.15, 0.2) is 0 Å². The number of rotatable bonds is 3. The number of anilines is 1. The first-order valence-corrected chi connectivity index (χ1v) is 11.9. The lowest BCUT2D eigenvalue weighted by Gasteiger charge is -2.47. The fourth-order valence-electron chi connectivity index (χ4n) is 6.74. The molecule has 4 aliphatic rings. The van der Waals surface area contributed by atoms with Gasteiger partial charge in [-0.1, -0.05) is 12.6 Å². The number of likely N-dealkylation sites (tertiary alicyclic amines) is 1. The van der Waals surface area contributed by atoms with Crippen LogP contribution in [-0.2, 0) is 4.79 Å². The van der Waals surface area contributed by atoms with E-state index in [4.69, 9.17) is 4.98 Å². The Balaban J connectivity index is 1.45. The average Bonchev–Trinajstić information content (AvgIpc) is 3.53. The summed E-state index contributed by atoms with van der Waals surface area (Å²) in [6.07, 6.45) is 5.80. The van der Waals surface area contributed by atoms with Gasteiger partial charge < -0.3 is 14.9 Å². The Morgan fingerprint density at radius 1 is 1.30 bits per heavy atom. The molecule has 1 N–H and O–H groups in total. The second-order valence-corrected chi connectivity index (χ2v) is 10.4. The van der Waals surface area contributed by atoms with Gasteiger partial charge in [-0.2, -0.15) is 5.26 Å². The summed E-state index contributed by atoms with van der Waals surface area (Å²) < 4.78 is 0. The van der Waals surface area contributed by atoms with Crippen molar-refractivity contribution in [2.75, 3.05) is 31.1 Å². The molecule has 6 nitrogen and oxygen atoms in total. The lowest BCUT2D eigenvalue weighted by Crippen LogP contribution is -2.59. The number of phenolic OH excluding ortho intramolecular Hbond substituents is 1. The molecule has 2 saturated heterocycles. The molecular weight excluding hydrogens is 412 g/mol. The third-order valence-electron chi connectivity index (χ3n) is 8.35. The van der Waals surface area contributed by atoms with Gasteiger partial charge in [-0.25, -0.2) is 4.98 Å². The normalized spacial score (nSPS) is 24.0. The van der Waals surface area contributed by atoms with E-state index in [9.17, 15) is 15.2 Å². The first-order valence-electron chi connectivity index (χ1n) is 11.9. The van der Waals surface area contributed by atoms with Gasteiger partial charge >= 0.3 is 0 Å². The summed E-state index contributed by atoms with van der Waals surface area (Å²) in [7, 11) is 0. The van der Waals surface area contributed by atoms with Crippen LogP contribution in [0.25, 0.3) is 11.1 Å². The first-order chi connectivity index (χ1) is 15.9. The molecule has 2 aliphatic heterocycles. The molecule has 2 bridgehead atoms. The minimum atomic E-state index is -0.00915. The maximum Gasteiger partial charge on any atom is 0.245 e. The molecule has 1 aromatic carbocycles. The zero-order valence-electron chi connectivity index (χ0n) is 19.0. The summed E-state index contributed by atoms with van der Waals surface area (Å²) in [6, 6.07) is 7.95. The lowest BCUT2D eigenvalue weighted by atomic mass is 9.79. The minimum Gasteiger partial charge on any atom is -0.508 e. The SMILES string of the molecule is C=CC(=O)N1CC2(CCN(c3nc4c(c(-c5cc(O)ccc5C)c3C#N)C3CCC4C3)C2)C1. The third-order valence-corrected chi connectivity index (χ3v) is 8.35. The van der Waals surface area contributed by atoms with Gasteiger partial charge in [-0.05, 0) is 73.4 Å². The van der Waals surface area contributed by atoms with Crippen molar-refractivity contribution in [3.8, 4) is 22.9 Å². The summed E-state index contributed by atoms with van der Waals surface area (Å²) in [5.74, 6) is 1.91. The van der Waals surface area contributed by atoms with Crippen LogP contribution in [-0.4, -0.2) is 47.1 Å². The van der Waals surface area contributed by atoms with Crippen LogP contribution in [0.1, 0.15) is 59.9 Å². The van der Waals surface area contributed by atoms with Crippen molar-refractivity contribution in [2.24, 2.45) is 5.41 Å². The third kappa shape index (κ3) is 2.91. The molecule has 1 saturated carbocycles. The van der Waals surface area contributed by atoms with Gasteiger partial charge in [0.05, 0.1) is 5.69 Å². The average molecular weight is 441 g/mol. The first kappa shape index (κ1) is 20.3. The number of hydrogen-bond acceptors (Lipinski definition) is 5. The van der Waals surface area contributed by atoms with Crippen molar-refractivity contribution >= 4 is 11.7 Å². The zero-order valence-corrected chi connectivity index (χ0v) is 19.0. The molecule has 1 amide bonds.